The Bertz CT molecular complexity index is 609. The topological polar surface area (TPSA) is 75.6 Å². The number of hydrogen-bond donors (Lipinski definition) is 2. The van der Waals surface area contributed by atoms with Gasteiger partial charge in [-0.2, -0.15) is 0 Å². The molecule has 5 nitrogen and oxygen atoms in total. The molecule has 0 radical (unpaired) electrons. The Hall–Kier alpha value is -2.56. The van der Waals surface area contributed by atoms with Crippen LogP contribution in [-0.4, -0.2) is 30.1 Å². The molecule has 0 aliphatic heterocycles. The molecule has 0 unspecified atom stereocenters. The van der Waals surface area contributed by atoms with Crippen molar-refractivity contribution in [2.24, 2.45) is 0 Å². The van der Waals surface area contributed by atoms with Gasteiger partial charge in [0.1, 0.15) is 12.3 Å². The minimum atomic E-state index is -1.08. The molecule has 0 aromatic heterocycles. The zero-order chi connectivity index (χ0) is 13.7. The molecule has 0 saturated heterocycles. The van der Waals surface area contributed by atoms with Crippen LogP contribution in [0.2, 0.25) is 0 Å². The van der Waals surface area contributed by atoms with E-state index < -0.39 is 18.4 Å². The fourth-order valence-electron chi connectivity index (χ4n) is 1.63. The largest absolute Gasteiger partial charge is 0.484 e. The maximum atomic E-state index is 11.3. The van der Waals surface area contributed by atoms with Crippen LogP contribution in [0.1, 0.15) is 0 Å². The molecule has 0 bridgehead atoms. The summed E-state index contributed by atoms with van der Waals surface area (Å²) in [5, 5.41) is 12.7. The van der Waals surface area contributed by atoms with Crippen molar-refractivity contribution in [2.45, 2.75) is 0 Å². The number of carbonyl (C=O) groups is 2. The summed E-state index contributed by atoms with van der Waals surface area (Å²) >= 11 is 0. The second-order valence-electron chi connectivity index (χ2n) is 3.97. The number of fused-ring (bicyclic) bond motifs is 1. The SMILES string of the molecule is O=C(O)CNC(=O)COc1ccc2ccccc2c1. The average molecular weight is 259 g/mol. The van der Waals surface area contributed by atoms with E-state index in [9.17, 15) is 9.59 Å². The van der Waals surface area contributed by atoms with Gasteiger partial charge < -0.3 is 15.2 Å². The highest BCUT2D eigenvalue weighted by atomic mass is 16.5. The number of hydrogen-bond acceptors (Lipinski definition) is 3. The van der Waals surface area contributed by atoms with Crippen LogP contribution < -0.4 is 10.1 Å². The maximum Gasteiger partial charge on any atom is 0.322 e. The predicted molar refractivity (Wildman–Crippen MR) is 70.1 cm³/mol. The zero-order valence-corrected chi connectivity index (χ0v) is 10.1. The van der Waals surface area contributed by atoms with E-state index in [-0.39, 0.29) is 6.61 Å². The molecule has 98 valence electrons. The molecular formula is C14H13NO4. The first kappa shape index (κ1) is 12.9. The summed E-state index contributed by atoms with van der Waals surface area (Å²) in [5.74, 6) is -0.973. The normalized spacial score (nSPS) is 10.1. The molecule has 1 amide bonds. The van der Waals surface area contributed by atoms with Crippen LogP contribution >= 0.6 is 0 Å². The average Bonchev–Trinajstić information content (AvgIpc) is 2.42. The van der Waals surface area contributed by atoms with Crippen LogP contribution in [0.25, 0.3) is 10.8 Å². The van der Waals surface area contributed by atoms with E-state index in [1.807, 2.05) is 36.4 Å². The fraction of sp³-hybridized carbons (Fsp3) is 0.143. The number of rotatable bonds is 5. The van der Waals surface area contributed by atoms with Crippen LogP contribution in [0.3, 0.4) is 0 Å². The number of ether oxygens (including phenoxy) is 1. The molecule has 0 saturated carbocycles. The van der Waals surface area contributed by atoms with Crippen molar-refractivity contribution in [1.82, 2.24) is 5.32 Å². The van der Waals surface area contributed by atoms with E-state index in [0.29, 0.717) is 5.75 Å². The third kappa shape index (κ3) is 3.70. The molecule has 5 heteroatoms. The lowest BCUT2D eigenvalue weighted by molar-refractivity contribution is -0.138. The Balaban J connectivity index is 1.94. The van der Waals surface area contributed by atoms with Gasteiger partial charge in [0.15, 0.2) is 6.61 Å². The van der Waals surface area contributed by atoms with Gasteiger partial charge in [0.05, 0.1) is 0 Å². The second-order valence-corrected chi connectivity index (χ2v) is 3.97. The zero-order valence-electron chi connectivity index (χ0n) is 10.1. The van der Waals surface area contributed by atoms with Gasteiger partial charge in [0.2, 0.25) is 0 Å². The van der Waals surface area contributed by atoms with Gasteiger partial charge in [-0.05, 0) is 22.9 Å². The van der Waals surface area contributed by atoms with Gasteiger partial charge in [-0.15, -0.1) is 0 Å². The third-order valence-corrected chi connectivity index (χ3v) is 2.53. The van der Waals surface area contributed by atoms with Crippen molar-refractivity contribution in [2.75, 3.05) is 13.2 Å². The molecule has 19 heavy (non-hydrogen) atoms. The molecule has 2 aromatic carbocycles. The molecule has 2 N–H and O–H groups in total. The van der Waals surface area contributed by atoms with Crippen molar-refractivity contribution in [3.05, 3.63) is 42.5 Å². The number of carboxylic acid groups (broad SMARTS) is 1. The lowest BCUT2D eigenvalue weighted by atomic mass is 10.1. The third-order valence-electron chi connectivity index (χ3n) is 2.53. The van der Waals surface area contributed by atoms with Gasteiger partial charge in [0, 0.05) is 0 Å². The first-order valence-corrected chi connectivity index (χ1v) is 5.75. The number of carbonyl (C=O) groups excluding carboxylic acids is 1. The Morgan fingerprint density at radius 2 is 1.84 bits per heavy atom. The van der Waals surface area contributed by atoms with Gasteiger partial charge >= 0.3 is 5.97 Å². The number of carboxylic acids is 1. The van der Waals surface area contributed by atoms with Gasteiger partial charge in [-0.3, -0.25) is 9.59 Å². The Morgan fingerprint density at radius 1 is 1.11 bits per heavy atom. The highest BCUT2D eigenvalue weighted by molar-refractivity contribution is 5.84. The minimum Gasteiger partial charge on any atom is -0.484 e. The number of nitrogens with one attached hydrogen (secondary N) is 1. The molecule has 2 rings (SSSR count). The Morgan fingerprint density at radius 3 is 2.58 bits per heavy atom. The molecule has 0 heterocycles. The molecule has 0 aliphatic rings. The second kappa shape index (κ2) is 5.86. The Kier molecular flexibility index (Phi) is 3.97. The Labute approximate surface area is 109 Å². The summed E-state index contributed by atoms with van der Waals surface area (Å²) in [6, 6.07) is 13.3. The van der Waals surface area contributed by atoms with Crippen LogP contribution in [0, 0.1) is 0 Å². The molecule has 0 spiro atoms. The predicted octanol–water partition coefficient (Wildman–Crippen LogP) is 1.42. The van der Waals surface area contributed by atoms with Crippen molar-refractivity contribution in [3.63, 3.8) is 0 Å². The molecule has 0 atom stereocenters. The van der Waals surface area contributed by atoms with E-state index in [4.69, 9.17) is 9.84 Å². The quantitative estimate of drug-likeness (QED) is 0.851. The van der Waals surface area contributed by atoms with E-state index in [0.717, 1.165) is 10.8 Å². The summed E-state index contributed by atoms with van der Waals surface area (Å²) in [5.41, 5.74) is 0. The van der Waals surface area contributed by atoms with E-state index in [1.165, 1.54) is 0 Å². The smallest absolute Gasteiger partial charge is 0.322 e. The van der Waals surface area contributed by atoms with Crippen molar-refractivity contribution < 1.29 is 19.4 Å². The van der Waals surface area contributed by atoms with Crippen LogP contribution in [0.5, 0.6) is 5.75 Å². The number of benzene rings is 2. The van der Waals surface area contributed by atoms with Crippen molar-refractivity contribution in [1.29, 1.82) is 0 Å². The lowest BCUT2D eigenvalue weighted by Gasteiger charge is -2.07. The van der Waals surface area contributed by atoms with Crippen molar-refractivity contribution in [3.8, 4) is 5.75 Å². The maximum absolute atomic E-state index is 11.3. The van der Waals surface area contributed by atoms with Gasteiger partial charge in [-0.25, -0.2) is 0 Å². The molecule has 0 fully saturated rings. The standard InChI is InChI=1S/C14H13NO4/c16-13(15-8-14(17)18)9-19-12-6-5-10-3-1-2-4-11(10)7-12/h1-7H,8-9H2,(H,15,16)(H,17,18). The van der Waals surface area contributed by atoms with Gasteiger partial charge in [-0.1, -0.05) is 30.3 Å². The van der Waals surface area contributed by atoms with Crippen LogP contribution in [-0.2, 0) is 9.59 Å². The van der Waals surface area contributed by atoms with Crippen LogP contribution in [0.15, 0.2) is 42.5 Å². The summed E-state index contributed by atoms with van der Waals surface area (Å²) < 4.78 is 5.30. The van der Waals surface area contributed by atoms with E-state index in [1.54, 1.807) is 6.07 Å². The number of aliphatic carboxylic acids is 1. The molecule has 0 aliphatic carbocycles. The van der Waals surface area contributed by atoms with Gasteiger partial charge in [0.25, 0.3) is 5.91 Å². The number of amides is 1. The first-order chi connectivity index (χ1) is 9.15. The van der Waals surface area contributed by atoms with Crippen molar-refractivity contribution >= 4 is 22.6 Å². The monoisotopic (exact) mass is 259 g/mol. The highest BCUT2D eigenvalue weighted by Gasteiger charge is 2.05. The highest BCUT2D eigenvalue weighted by Crippen LogP contribution is 2.20. The molecule has 2 aromatic rings. The summed E-state index contributed by atoms with van der Waals surface area (Å²) in [4.78, 5) is 21.6. The van der Waals surface area contributed by atoms with E-state index >= 15 is 0 Å². The first-order valence-electron chi connectivity index (χ1n) is 5.75. The van der Waals surface area contributed by atoms with Crippen LogP contribution in [0.4, 0.5) is 0 Å². The summed E-state index contributed by atoms with van der Waals surface area (Å²) in [7, 11) is 0. The van der Waals surface area contributed by atoms with E-state index in [2.05, 4.69) is 5.32 Å². The molecular weight excluding hydrogens is 246 g/mol. The summed E-state index contributed by atoms with van der Waals surface area (Å²) in [6.45, 7) is -0.606. The minimum absolute atomic E-state index is 0.203. The fourth-order valence-corrected chi connectivity index (χ4v) is 1.63. The lowest BCUT2D eigenvalue weighted by Crippen LogP contribution is -2.33. The summed E-state index contributed by atoms with van der Waals surface area (Å²) in [6.07, 6.45) is 0.